The van der Waals surface area contributed by atoms with Crippen LogP contribution in [0.5, 0.6) is 0 Å². The second kappa shape index (κ2) is 11.3. The van der Waals surface area contributed by atoms with Crippen molar-refractivity contribution in [3.8, 4) is 0 Å². The Hall–Kier alpha value is -0.930. The van der Waals surface area contributed by atoms with E-state index >= 15 is 0 Å². The number of nitrogens with one attached hydrogen (secondary N) is 1. The van der Waals surface area contributed by atoms with Gasteiger partial charge in [-0.2, -0.15) is 0 Å². The molecule has 0 aromatic heterocycles. The van der Waals surface area contributed by atoms with Gasteiger partial charge in [-0.1, -0.05) is 37.4 Å². The smallest absolute Gasteiger partial charge is 0.323 e. The molecule has 2 N–H and O–H groups in total. The molecule has 9 heteroatoms. The first-order valence-electron chi connectivity index (χ1n) is 11.5. The average Bonchev–Trinajstić information content (AvgIpc) is 2.98. The number of hydrogen-bond donors (Lipinski definition) is 2. The van der Waals surface area contributed by atoms with Crippen LogP contribution < -0.4 is 5.32 Å². The van der Waals surface area contributed by atoms with Crippen LogP contribution in [0, 0.1) is 0 Å². The van der Waals surface area contributed by atoms with Crippen LogP contribution >= 0.6 is 23.5 Å². The summed E-state index contributed by atoms with van der Waals surface area (Å²) in [7, 11) is 1.77. The van der Waals surface area contributed by atoms with E-state index in [1.54, 1.807) is 21.0 Å². The molecular weight excluding hydrogens is 434 g/mol. The van der Waals surface area contributed by atoms with E-state index in [1.807, 2.05) is 0 Å². The molecule has 1 unspecified atom stereocenters. The van der Waals surface area contributed by atoms with E-state index in [2.05, 4.69) is 15.2 Å². The van der Waals surface area contributed by atoms with Gasteiger partial charge in [-0.15, -0.1) is 11.8 Å². The summed E-state index contributed by atoms with van der Waals surface area (Å²) in [6.45, 7) is 3.94. The number of urea groups is 1. The third-order valence-electron chi connectivity index (χ3n) is 6.61. The third-order valence-corrected chi connectivity index (χ3v) is 9.22. The zero-order valence-corrected chi connectivity index (χ0v) is 20.6. The maximum atomic E-state index is 13.4. The highest BCUT2D eigenvalue weighted by Crippen LogP contribution is 2.38. The van der Waals surface area contributed by atoms with Crippen molar-refractivity contribution in [1.29, 1.82) is 0 Å². The number of carbonyl (C=O) groups is 2. The number of hydrogen-bond acceptors (Lipinski definition) is 6. The molecule has 3 aliphatic rings. The number of aliphatic imine (C=N–C) groups is 1. The van der Waals surface area contributed by atoms with Gasteiger partial charge in [-0.25, -0.2) is 4.79 Å². The molecular formula is C22H37N3O4S2. The predicted molar refractivity (Wildman–Crippen MR) is 128 cm³/mol. The number of amides is 2. The van der Waals surface area contributed by atoms with Gasteiger partial charge in [0.05, 0.1) is 17.2 Å². The number of methoxy groups -OCH3 is 1. The van der Waals surface area contributed by atoms with Crippen LogP contribution in [-0.2, 0) is 9.53 Å². The maximum absolute atomic E-state index is 13.4. The largest absolute Gasteiger partial charge is 0.480 e. The number of carbonyl (C=O) groups excluding carboxylic acids is 1. The highest BCUT2D eigenvalue weighted by atomic mass is 32.2. The fourth-order valence-electron chi connectivity index (χ4n) is 4.75. The lowest BCUT2D eigenvalue weighted by molar-refractivity contribution is -0.138. The zero-order chi connectivity index (χ0) is 22.4. The van der Waals surface area contributed by atoms with E-state index in [-0.39, 0.29) is 22.7 Å². The molecule has 0 aromatic rings. The van der Waals surface area contributed by atoms with Gasteiger partial charge in [0, 0.05) is 19.2 Å². The van der Waals surface area contributed by atoms with Crippen molar-refractivity contribution in [2.24, 2.45) is 4.99 Å². The zero-order valence-electron chi connectivity index (χ0n) is 19.0. The molecule has 2 aliphatic carbocycles. The second-order valence-electron chi connectivity index (χ2n) is 9.28. The molecule has 2 fully saturated rings. The molecule has 1 heterocycles. The number of carboxylic acids is 1. The monoisotopic (exact) mass is 471 g/mol. The van der Waals surface area contributed by atoms with Crippen molar-refractivity contribution < 1.29 is 19.4 Å². The SMILES string of the molecule is COC1CCC(N(C(=O)NC2=NCC(SC(C)(C)C(=O)O)S2)C2CCCCCC2)CC1. The molecule has 7 nitrogen and oxygen atoms in total. The second-order valence-corrected chi connectivity index (χ2v) is 12.6. The number of carboxylic acid groups (broad SMARTS) is 1. The highest BCUT2D eigenvalue weighted by Gasteiger charge is 2.37. The van der Waals surface area contributed by atoms with Crippen molar-refractivity contribution >= 4 is 40.7 Å². The minimum atomic E-state index is -0.876. The van der Waals surface area contributed by atoms with Crippen LogP contribution in [0.25, 0.3) is 0 Å². The van der Waals surface area contributed by atoms with Crippen molar-refractivity contribution in [3.63, 3.8) is 0 Å². The van der Waals surface area contributed by atoms with Gasteiger partial charge in [0.2, 0.25) is 0 Å². The molecule has 2 saturated carbocycles. The van der Waals surface area contributed by atoms with Crippen LogP contribution in [0.3, 0.4) is 0 Å². The molecule has 0 aromatic carbocycles. The Morgan fingerprint density at radius 3 is 2.29 bits per heavy atom. The highest BCUT2D eigenvalue weighted by molar-refractivity contribution is 8.25. The first-order chi connectivity index (χ1) is 14.8. The molecule has 2 amide bonds. The van der Waals surface area contributed by atoms with Gasteiger partial charge in [0.1, 0.15) is 4.75 Å². The standard InChI is InChI=1S/C22H37N3O4S2/c1-22(2,19(26)27)31-18-14-23-20(30-18)24-21(28)25(15-8-6-4-5-7-9-15)16-10-12-17(29-3)13-11-16/h15-18H,4-14H2,1-3H3,(H,26,27)(H,23,24,28). The molecule has 1 atom stereocenters. The molecule has 176 valence electrons. The number of ether oxygens (including phenoxy) is 1. The summed E-state index contributed by atoms with van der Waals surface area (Å²) in [4.78, 5) is 31.5. The lowest BCUT2D eigenvalue weighted by atomic mass is 9.90. The lowest BCUT2D eigenvalue weighted by Crippen LogP contribution is -2.53. The Bertz CT molecular complexity index is 657. The number of rotatable bonds is 6. The van der Waals surface area contributed by atoms with Crippen LogP contribution in [0.2, 0.25) is 0 Å². The van der Waals surface area contributed by atoms with Gasteiger partial charge in [-0.05, 0) is 52.4 Å². The normalized spacial score (nSPS) is 28.0. The minimum Gasteiger partial charge on any atom is -0.480 e. The van der Waals surface area contributed by atoms with Crippen LogP contribution in [0.1, 0.15) is 78.1 Å². The van der Waals surface area contributed by atoms with E-state index in [9.17, 15) is 14.7 Å². The van der Waals surface area contributed by atoms with Gasteiger partial charge in [0.25, 0.3) is 0 Å². The average molecular weight is 472 g/mol. The van der Waals surface area contributed by atoms with Crippen molar-refractivity contribution in [2.45, 2.75) is 106 Å². The van der Waals surface area contributed by atoms with Crippen molar-refractivity contribution in [3.05, 3.63) is 0 Å². The first kappa shape index (κ1) is 24.7. The van der Waals surface area contributed by atoms with Gasteiger partial charge >= 0.3 is 12.0 Å². The van der Waals surface area contributed by atoms with Crippen LogP contribution in [-0.4, -0.2) is 68.3 Å². The van der Waals surface area contributed by atoms with Gasteiger partial charge in [0.15, 0.2) is 5.17 Å². The minimum absolute atomic E-state index is 0.00451. The van der Waals surface area contributed by atoms with Crippen LogP contribution in [0.4, 0.5) is 4.79 Å². The van der Waals surface area contributed by atoms with Gasteiger partial charge in [-0.3, -0.25) is 15.1 Å². The molecule has 1 aliphatic heterocycles. The van der Waals surface area contributed by atoms with E-state index in [4.69, 9.17) is 4.74 Å². The third kappa shape index (κ3) is 6.78. The molecule has 0 radical (unpaired) electrons. The molecule has 3 rings (SSSR count). The molecule has 0 bridgehead atoms. The molecule has 0 saturated heterocycles. The van der Waals surface area contributed by atoms with Crippen LogP contribution in [0.15, 0.2) is 4.99 Å². The number of nitrogens with zero attached hydrogens (tertiary/aromatic N) is 2. The maximum Gasteiger partial charge on any atom is 0.323 e. The Morgan fingerprint density at radius 2 is 1.71 bits per heavy atom. The van der Waals surface area contributed by atoms with E-state index in [0.717, 1.165) is 38.5 Å². The summed E-state index contributed by atoms with van der Waals surface area (Å²) in [5.41, 5.74) is 0. The summed E-state index contributed by atoms with van der Waals surface area (Å²) in [5, 5.41) is 13.1. The molecule has 31 heavy (non-hydrogen) atoms. The van der Waals surface area contributed by atoms with E-state index < -0.39 is 10.7 Å². The summed E-state index contributed by atoms with van der Waals surface area (Å²) in [5.74, 6) is -0.832. The summed E-state index contributed by atoms with van der Waals surface area (Å²) in [6.07, 6.45) is 11.3. The van der Waals surface area contributed by atoms with Crippen molar-refractivity contribution in [1.82, 2.24) is 10.2 Å². The molecule has 0 spiro atoms. The number of aliphatic carboxylic acids is 1. The first-order valence-corrected chi connectivity index (χ1v) is 13.3. The number of amidine groups is 1. The quantitative estimate of drug-likeness (QED) is 0.546. The lowest BCUT2D eigenvalue weighted by Gasteiger charge is -2.41. The van der Waals surface area contributed by atoms with Crippen molar-refractivity contribution in [2.75, 3.05) is 13.7 Å². The summed E-state index contributed by atoms with van der Waals surface area (Å²) in [6, 6.07) is 0.495. The Balaban J connectivity index is 1.62. The fourth-order valence-corrected chi connectivity index (χ4v) is 7.53. The Labute approximate surface area is 194 Å². The number of thioether (sulfide) groups is 2. The summed E-state index contributed by atoms with van der Waals surface area (Å²) < 4.78 is 4.66. The Morgan fingerprint density at radius 1 is 1.10 bits per heavy atom. The van der Waals surface area contributed by atoms with E-state index in [1.165, 1.54) is 49.2 Å². The summed E-state index contributed by atoms with van der Waals surface area (Å²) >= 11 is 2.86. The Kier molecular flexibility index (Phi) is 8.99. The van der Waals surface area contributed by atoms with E-state index in [0.29, 0.717) is 17.8 Å². The van der Waals surface area contributed by atoms with Gasteiger partial charge < -0.3 is 14.7 Å². The topological polar surface area (TPSA) is 91.2 Å². The predicted octanol–water partition coefficient (Wildman–Crippen LogP) is 4.70. The fraction of sp³-hybridized carbons (Fsp3) is 0.864.